The summed E-state index contributed by atoms with van der Waals surface area (Å²) in [5.41, 5.74) is 5.14. The number of anilines is 2. The predicted molar refractivity (Wildman–Crippen MR) is 78.4 cm³/mol. The Morgan fingerprint density at radius 2 is 2.00 bits per heavy atom. The van der Waals surface area contributed by atoms with E-state index in [2.05, 4.69) is 20.3 Å². The number of halogens is 3. The van der Waals surface area contributed by atoms with E-state index in [0.717, 1.165) is 12.1 Å². The van der Waals surface area contributed by atoms with Crippen LogP contribution in [0.5, 0.6) is 0 Å². The summed E-state index contributed by atoms with van der Waals surface area (Å²) < 4.78 is 38.7. The summed E-state index contributed by atoms with van der Waals surface area (Å²) in [6.07, 6.45) is -2.84. The Morgan fingerprint density at radius 1 is 1.18 bits per heavy atom. The fourth-order valence-electron chi connectivity index (χ4n) is 1.83. The number of nitrogens with zero attached hydrogens (tertiary/aromatic N) is 3. The number of thiazole rings is 1. The SMILES string of the molecule is Nc1ccnc(CNc2nc3cc(C(F)(F)F)ccc3s2)n1. The van der Waals surface area contributed by atoms with Gasteiger partial charge in [-0.2, -0.15) is 13.2 Å². The van der Waals surface area contributed by atoms with Crippen molar-refractivity contribution in [2.75, 3.05) is 11.1 Å². The molecule has 0 unspecified atom stereocenters. The average Bonchev–Trinajstić information content (AvgIpc) is 2.86. The number of rotatable bonds is 3. The topological polar surface area (TPSA) is 76.7 Å². The molecule has 0 aliphatic rings. The highest BCUT2D eigenvalue weighted by atomic mass is 32.1. The van der Waals surface area contributed by atoms with Crippen LogP contribution >= 0.6 is 11.3 Å². The summed E-state index contributed by atoms with van der Waals surface area (Å²) in [6.45, 7) is 0.289. The van der Waals surface area contributed by atoms with E-state index in [9.17, 15) is 13.2 Å². The monoisotopic (exact) mass is 325 g/mol. The summed E-state index contributed by atoms with van der Waals surface area (Å²) >= 11 is 1.26. The average molecular weight is 325 g/mol. The third-order valence-electron chi connectivity index (χ3n) is 2.84. The number of nitrogen functional groups attached to an aromatic ring is 1. The lowest BCUT2D eigenvalue weighted by atomic mass is 10.2. The third-order valence-corrected chi connectivity index (χ3v) is 3.83. The van der Waals surface area contributed by atoms with Gasteiger partial charge in [-0.15, -0.1) is 0 Å². The quantitative estimate of drug-likeness (QED) is 0.772. The van der Waals surface area contributed by atoms with Gasteiger partial charge in [0.1, 0.15) is 11.6 Å². The Labute approximate surface area is 127 Å². The van der Waals surface area contributed by atoms with Gasteiger partial charge in [0.15, 0.2) is 5.13 Å². The Balaban J connectivity index is 1.80. The summed E-state index contributed by atoms with van der Waals surface area (Å²) in [5, 5.41) is 3.48. The maximum absolute atomic E-state index is 12.7. The van der Waals surface area contributed by atoms with Crippen LogP contribution in [-0.4, -0.2) is 15.0 Å². The number of nitrogens with two attached hydrogens (primary N) is 1. The lowest BCUT2D eigenvalue weighted by Gasteiger charge is -2.04. The molecule has 0 bridgehead atoms. The molecule has 2 aromatic heterocycles. The first-order valence-electron chi connectivity index (χ1n) is 6.21. The van der Waals surface area contributed by atoms with Gasteiger partial charge in [-0.1, -0.05) is 11.3 Å². The maximum atomic E-state index is 12.7. The Morgan fingerprint density at radius 3 is 2.73 bits per heavy atom. The molecule has 3 aromatic rings. The molecule has 3 N–H and O–H groups in total. The van der Waals surface area contributed by atoms with Gasteiger partial charge in [0, 0.05) is 6.20 Å². The van der Waals surface area contributed by atoms with Gasteiger partial charge in [0.2, 0.25) is 0 Å². The Bertz CT molecular complexity index is 815. The van der Waals surface area contributed by atoms with Crippen molar-refractivity contribution in [3.8, 4) is 0 Å². The highest BCUT2D eigenvalue weighted by Crippen LogP contribution is 2.33. The fraction of sp³-hybridized carbons (Fsp3) is 0.154. The van der Waals surface area contributed by atoms with Gasteiger partial charge in [0.05, 0.1) is 22.3 Å². The molecule has 114 valence electrons. The molecule has 0 atom stereocenters. The second kappa shape index (κ2) is 5.41. The van der Waals surface area contributed by atoms with Crippen molar-refractivity contribution in [2.24, 2.45) is 0 Å². The molecule has 3 rings (SSSR count). The van der Waals surface area contributed by atoms with E-state index in [0.29, 0.717) is 27.0 Å². The largest absolute Gasteiger partial charge is 0.416 e. The van der Waals surface area contributed by atoms with Crippen molar-refractivity contribution in [1.82, 2.24) is 15.0 Å². The molecule has 2 heterocycles. The Kier molecular flexibility index (Phi) is 3.57. The van der Waals surface area contributed by atoms with Crippen LogP contribution in [0, 0.1) is 0 Å². The molecular formula is C13H10F3N5S. The van der Waals surface area contributed by atoms with Crippen LogP contribution in [0.4, 0.5) is 24.1 Å². The zero-order chi connectivity index (χ0) is 15.7. The molecular weight excluding hydrogens is 315 g/mol. The summed E-state index contributed by atoms with van der Waals surface area (Å²) in [6, 6.07) is 5.07. The van der Waals surface area contributed by atoms with Crippen molar-refractivity contribution in [3.05, 3.63) is 41.9 Å². The number of hydrogen-bond acceptors (Lipinski definition) is 6. The van der Waals surface area contributed by atoms with E-state index in [1.54, 1.807) is 6.07 Å². The molecule has 22 heavy (non-hydrogen) atoms. The first kappa shape index (κ1) is 14.5. The highest BCUT2D eigenvalue weighted by molar-refractivity contribution is 7.22. The van der Waals surface area contributed by atoms with E-state index in [4.69, 9.17) is 5.73 Å². The number of benzene rings is 1. The lowest BCUT2D eigenvalue weighted by molar-refractivity contribution is -0.137. The van der Waals surface area contributed by atoms with Crippen LogP contribution in [0.1, 0.15) is 11.4 Å². The number of hydrogen-bond donors (Lipinski definition) is 2. The van der Waals surface area contributed by atoms with Crippen LogP contribution in [0.3, 0.4) is 0 Å². The van der Waals surface area contributed by atoms with E-state index in [1.807, 2.05) is 0 Å². The standard InChI is InChI=1S/C13H10F3N5S/c14-13(15,16)7-1-2-9-8(5-7)20-12(22-9)19-6-11-18-4-3-10(17)21-11/h1-5H,6H2,(H,19,20)(H2,17,18,21). The highest BCUT2D eigenvalue weighted by Gasteiger charge is 2.30. The van der Waals surface area contributed by atoms with Crippen LogP contribution in [0.25, 0.3) is 10.2 Å². The third kappa shape index (κ3) is 3.08. The minimum Gasteiger partial charge on any atom is -0.384 e. The first-order valence-corrected chi connectivity index (χ1v) is 7.02. The minimum absolute atomic E-state index is 0.289. The van der Waals surface area contributed by atoms with Gasteiger partial charge in [0.25, 0.3) is 0 Å². The summed E-state index contributed by atoms with van der Waals surface area (Å²) in [4.78, 5) is 12.2. The van der Waals surface area contributed by atoms with Crippen molar-refractivity contribution < 1.29 is 13.2 Å². The molecule has 0 amide bonds. The van der Waals surface area contributed by atoms with Crippen molar-refractivity contribution in [1.29, 1.82) is 0 Å². The molecule has 0 saturated heterocycles. The molecule has 5 nitrogen and oxygen atoms in total. The Hall–Kier alpha value is -2.42. The van der Waals surface area contributed by atoms with E-state index in [1.165, 1.54) is 23.6 Å². The van der Waals surface area contributed by atoms with Crippen LogP contribution < -0.4 is 11.1 Å². The zero-order valence-corrected chi connectivity index (χ0v) is 11.9. The van der Waals surface area contributed by atoms with Crippen LogP contribution in [0.15, 0.2) is 30.5 Å². The predicted octanol–water partition coefficient (Wildman–Crippen LogP) is 3.30. The second-order valence-corrected chi connectivity index (χ2v) is 5.48. The molecule has 1 aromatic carbocycles. The molecule has 0 spiro atoms. The molecule has 0 radical (unpaired) electrons. The van der Waals surface area contributed by atoms with E-state index >= 15 is 0 Å². The van der Waals surface area contributed by atoms with Gasteiger partial charge in [-0.25, -0.2) is 15.0 Å². The number of aromatic nitrogens is 3. The smallest absolute Gasteiger partial charge is 0.384 e. The number of fused-ring (bicyclic) bond motifs is 1. The van der Waals surface area contributed by atoms with Gasteiger partial charge < -0.3 is 11.1 Å². The lowest BCUT2D eigenvalue weighted by Crippen LogP contribution is -2.05. The van der Waals surface area contributed by atoms with Gasteiger partial charge in [-0.3, -0.25) is 0 Å². The fourth-order valence-corrected chi connectivity index (χ4v) is 2.68. The zero-order valence-electron chi connectivity index (χ0n) is 11.1. The first-order chi connectivity index (χ1) is 10.4. The number of nitrogens with one attached hydrogen (secondary N) is 1. The summed E-state index contributed by atoms with van der Waals surface area (Å²) in [5.74, 6) is 0.834. The summed E-state index contributed by atoms with van der Waals surface area (Å²) in [7, 11) is 0. The molecule has 0 fully saturated rings. The molecule has 0 aliphatic heterocycles. The van der Waals surface area contributed by atoms with Gasteiger partial charge >= 0.3 is 6.18 Å². The van der Waals surface area contributed by atoms with Crippen LogP contribution in [-0.2, 0) is 12.7 Å². The van der Waals surface area contributed by atoms with E-state index in [-0.39, 0.29) is 6.54 Å². The molecule has 0 saturated carbocycles. The van der Waals surface area contributed by atoms with Crippen molar-refractivity contribution in [3.63, 3.8) is 0 Å². The van der Waals surface area contributed by atoms with Crippen LogP contribution in [0.2, 0.25) is 0 Å². The van der Waals surface area contributed by atoms with E-state index < -0.39 is 11.7 Å². The molecule has 9 heteroatoms. The minimum atomic E-state index is -4.37. The van der Waals surface area contributed by atoms with Gasteiger partial charge in [-0.05, 0) is 24.3 Å². The van der Waals surface area contributed by atoms with Crippen molar-refractivity contribution >= 4 is 32.5 Å². The second-order valence-electron chi connectivity index (χ2n) is 4.45. The normalized spacial score (nSPS) is 11.8. The number of alkyl halides is 3. The molecule has 0 aliphatic carbocycles. The maximum Gasteiger partial charge on any atom is 0.416 e. The van der Waals surface area contributed by atoms with Crippen molar-refractivity contribution in [2.45, 2.75) is 12.7 Å².